The van der Waals surface area contributed by atoms with Crippen molar-refractivity contribution >= 4 is 16.7 Å². The molecule has 0 radical (unpaired) electrons. The van der Waals surface area contributed by atoms with Crippen molar-refractivity contribution in [2.45, 2.75) is 5.25 Å². The number of ether oxygens (including phenoxy) is 1. The van der Waals surface area contributed by atoms with Gasteiger partial charge < -0.3 is 4.74 Å². The third kappa shape index (κ3) is 1.52. The first-order chi connectivity index (χ1) is 6.70. The van der Waals surface area contributed by atoms with Gasteiger partial charge in [0.2, 0.25) is 11.0 Å². The van der Waals surface area contributed by atoms with Gasteiger partial charge in [-0.3, -0.25) is 4.79 Å². The lowest BCUT2D eigenvalue weighted by Crippen LogP contribution is -2.38. The highest BCUT2D eigenvalue weighted by Gasteiger charge is 2.36. The van der Waals surface area contributed by atoms with Crippen molar-refractivity contribution in [3.05, 3.63) is 29.8 Å². The molecule has 3 heteroatoms. The second-order valence-electron chi connectivity index (χ2n) is 3.54. The molecule has 0 aromatic heterocycles. The van der Waals surface area contributed by atoms with Crippen LogP contribution < -0.4 is 4.74 Å². The number of rotatable bonds is 1. The summed E-state index contributed by atoms with van der Waals surface area (Å²) in [6, 6.07) is 7.47. The molecule has 1 atom stereocenters. The fourth-order valence-electron chi connectivity index (χ4n) is 1.56. The van der Waals surface area contributed by atoms with Gasteiger partial charge >= 0.3 is 0 Å². The Kier molecular flexibility index (Phi) is 2.50. The number of Topliss-reactive ketones (excluding diaryl/α,β-unsaturated/α-hetero) is 1. The Morgan fingerprint density at radius 3 is 2.79 bits per heavy atom. The highest BCUT2D eigenvalue weighted by atomic mass is 32.2. The topological polar surface area (TPSA) is 26.3 Å². The average Bonchev–Trinajstić information content (AvgIpc) is 2.18. The van der Waals surface area contributed by atoms with Crippen LogP contribution in [-0.4, -0.2) is 30.2 Å². The standard InChI is InChI=1S/C11H13O2S/c1-14(2)10-7-13-9-6-4-3-5-8(9)11(10)12/h3-6,10H,7H2,1-2H3/q+1. The Morgan fingerprint density at radius 1 is 1.36 bits per heavy atom. The first-order valence-corrected chi connectivity index (χ1v) is 6.63. The molecule has 1 heterocycles. The van der Waals surface area contributed by atoms with Crippen LogP contribution in [0.3, 0.4) is 0 Å². The van der Waals surface area contributed by atoms with Crippen LogP contribution in [0.1, 0.15) is 10.4 Å². The van der Waals surface area contributed by atoms with Crippen LogP contribution in [0.4, 0.5) is 0 Å². The maximum absolute atomic E-state index is 12.0. The lowest BCUT2D eigenvalue weighted by Gasteiger charge is -2.21. The predicted molar refractivity (Wildman–Crippen MR) is 59.3 cm³/mol. The monoisotopic (exact) mass is 209 g/mol. The summed E-state index contributed by atoms with van der Waals surface area (Å²) in [4.78, 5) is 12.0. The van der Waals surface area contributed by atoms with Gasteiger partial charge in [0.15, 0.2) is 0 Å². The van der Waals surface area contributed by atoms with E-state index in [1.807, 2.05) is 24.3 Å². The summed E-state index contributed by atoms with van der Waals surface area (Å²) in [5.41, 5.74) is 0.741. The number of hydrogen-bond acceptors (Lipinski definition) is 2. The van der Waals surface area contributed by atoms with Gasteiger partial charge in [0.25, 0.3) is 0 Å². The summed E-state index contributed by atoms with van der Waals surface area (Å²) < 4.78 is 5.55. The summed E-state index contributed by atoms with van der Waals surface area (Å²) in [6.45, 7) is 0.534. The minimum absolute atomic E-state index is 0.0462. The van der Waals surface area contributed by atoms with E-state index in [1.165, 1.54) is 0 Å². The molecule has 1 aliphatic rings. The zero-order valence-corrected chi connectivity index (χ0v) is 9.14. The molecule has 0 fully saturated rings. The Hall–Kier alpha value is -0.960. The Morgan fingerprint density at radius 2 is 2.07 bits per heavy atom. The molecular weight excluding hydrogens is 196 g/mol. The van der Waals surface area contributed by atoms with Crippen molar-refractivity contribution in [1.29, 1.82) is 0 Å². The molecule has 14 heavy (non-hydrogen) atoms. The van der Waals surface area contributed by atoms with Crippen LogP contribution in [0.5, 0.6) is 5.75 Å². The number of para-hydroxylation sites is 1. The number of carbonyl (C=O) groups excluding carboxylic acids is 1. The molecule has 1 aromatic carbocycles. The first-order valence-electron chi connectivity index (χ1n) is 4.52. The van der Waals surface area contributed by atoms with Crippen LogP contribution in [-0.2, 0) is 10.9 Å². The molecule has 2 nitrogen and oxygen atoms in total. The molecule has 0 amide bonds. The van der Waals surface area contributed by atoms with E-state index < -0.39 is 0 Å². The van der Waals surface area contributed by atoms with E-state index >= 15 is 0 Å². The zero-order chi connectivity index (χ0) is 10.1. The number of benzene rings is 1. The van der Waals surface area contributed by atoms with Gasteiger partial charge in [-0.1, -0.05) is 12.1 Å². The average molecular weight is 209 g/mol. The van der Waals surface area contributed by atoms with Crippen molar-refractivity contribution in [2.24, 2.45) is 0 Å². The summed E-state index contributed by atoms with van der Waals surface area (Å²) >= 11 is 0. The molecule has 0 N–H and O–H groups in total. The molecule has 2 rings (SSSR count). The van der Waals surface area contributed by atoms with Gasteiger partial charge in [0, 0.05) is 0 Å². The van der Waals surface area contributed by atoms with Crippen LogP contribution in [0.15, 0.2) is 24.3 Å². The zero-order valence-electron chi connectivity index (χ0n) is 8.32. The molecule has 0 bridgehead atoms. The molecule has 1 aromatic rings. The highest BCUT2D eigenvalue weighted by Crippen LogP contribution is 2.26. The van der Waals surface area contributed by atoms with Crippen molar-refractivity contribution in [3.63, 3.8) is 0 Å². The van der Waals surface area contributed by atoms with E-state index in [2.05, 4.69) is 12.5 Å². The van der Waals surface area contributed by atoms with Crippen LogP contribution in [0.25, 0.3) is 0 Å². The quantitative estimate of drug-likeness (QED) is 0.655. The summed E-state index contributed by atoms with van der Waals surface area (Å²) in [5.74, 6) is 0.972. The van der Waals surface area contributed by atoms with Crippen molar-refractivity contribution in [1.82, 2.24) is 0 Å². The Labute approximate surface area is 86.6 Å². The van der Waals surface area contributed by atoms with E-state index in [0.29, 0.717) is 6.61 Å². The second-order valence-corrected chi connectivity index (χ2v) is 5.87. The van der Waals surface area contributed by atoms with E-state index in [4.69, 9.17) is 4.74 Å². The van der Waals surface area contributed by atoms with Gasteiger partial charge in [-0.25, -0.2) is 0 Å². The fourth-order valence-corrected chi connectivity index (χ4v) is 2.46. The van der Waals surface area contributed by atoms with Crippen LogP contribution in [0.2, 0.25) is 0 Å². The molecule has 1 aliphatic heterocycles. The number of ketones is 1. The van der Waals surface area contributed by atoms with Gasteiger partial charge in [0.1, 0.15) is 12.4 Å². The third-order valence-corrected chi connectivity index (χ3v) is 3.89. The summed E-state index contributed by atoms with van der Waals surface area (Å²) in [6.07, 6.45) is 4.17. The minimum Gasteiger partial charge on any atom is -0.487 e. The predicted octanol–water partition coefficient (Wildman–Crippen LogP) is 1.51. The molecule has 0 aliphatic carbocycles. The smallest absolute Gasteiger partial charge is 0.222 e. The number of carbonyl (C=O) groups is 1. The van der Waals surface area contributed by atoms with Gasteiger partial charge in [-0.05, 0) is 23.0 Å². The fraction of sp³-hybridized carbons (Fsp3) is 0.364. The van der Waals surface area contributed by atoms with Crippen molar-refractivity contribution < 1.29 is 9.53 Å². The first kappa shape index (κ1) is 9.59. The maximum Gasteiger partial charge on any atom is 0.222 e. The van der Waals surface area contributed by atoms with E-state index in [0.717, 1.165) is 11.3 Å². The molecule has 0 saturated carbocycles. The molecular formula is C11H13O2S+. The molecule has 0 spiro atoms. The Balaban J connectivity index is 2.37. The van der Waals surface area contributed by atoms with Gasteiger partial charge in [-0.15, -0.1) is 0 Å². The minimum atomic E-state index is 0.0462. The molecule has 0 saturated heterocycles. The van der Waals surface area contributed by atoms with Crippen molar-refractivity contribution in [2.75, 3.05) is 19.1 Å². The maximum atomic E-state index is 12.0. The lowest BCUT2D eigenvalue weighted by atomic mass is 10.1. The summed E-state index contributed by atoms with van der Waals surface area (Å²) in [5, 5.41) is 0.0462. The van der Waals surface area contributed by atoms with Gasteiger partial charge in [0.05, 0.1) is 18.1 Å². The molecule has 1 unspecified atom stereocenters. The number of fused-ring (bicyclic) bond motifs is 1. The van der Waals surface area contributed by atoms with Gasteiger partial charge in [-0.2, -0.15) is 0 Å². The second kappa shape index (κ2) is 3.65. The van der Waals surface area contributed by atoms with Crippen LogP contribution >= 0.6 is 0 Å². The van der Waals surface area contributed by atoms with Crippen molar-refractivity contribution in [3.8, 4) is 5.75 Å². The normalized spacial score (nSPS) is 20.5. The van der Waals surface area contributed by atoms with Crippen LogP contribution in [0, 0.1) is 0 Å². The van der Waals surface area contributed by atoms with E-state index in [1.54, 1.807) is 0 Å². The number of hydrogen-bond donors (Lipinski definition) is 0. The summed E-state index contributed by atoms with van der Waals surface area (Å²) in [7, 11) is 0.0861. The SMILES string of the molecule is C[S+](C)C1COc2ccccc2C1=O. The largest absolute Gasteiger partial charge is 0.487 e. The van der Waals surface area contributed by atoms with E-state index in [9.17, 15) is 4.79 Å². The lowest BCUT2D eigenvalue weighted by molar-refractivity contribution is 0.0942. The Bertz CT molecular complexity index is 360. The van der Waals surface area contributed by atoms with E-state index in [-0.39, 0.29) is 21.9 Å². The highest BCUT2D eigenvalue weighted by molar-refractivity contribution is 7.96. The molecule has 74 valence electrons. The third-order valence-electron chi connectivity index (χ3n) is 2.40.